The molecule has 0 bridgehead atoms. The van der Waals surface area contributed by atoms with E-state index in [4.69, 9.17) is 9.47 Å². The summed E-state index contributed by atoms with van der Waals surface area (Å²) in [6.07, 6.45) is 15.3. The molecule has 164 valence electrons. The maximum Gasteiger partial charge on any atom is 0.174 e. The van der Waals surface area contributed by atoms with Gasteiger partial charge in [0.25, 0.3) is 0 Å². The number of Topliss-reactive ketones (excluding diaryl/α,β-unsaturated/α-hetero) is 1. The predicted octanol–water partition coefficient (Wildman–Crippen LogP) is 6.01. The highest BCUT2D eigenvalue weighted by atomic mass is 16.7. The van der Waals surface area contributed by atoms with E-state index in [2.05, 4.69) is 33.1 Å². The maximum absolute atomic E-state index is 13.3. The van der Waals surface area contributed by atoms with Gasteiger partial charge in [-0.25, -0.2) is 0 Å². The van der Waals surface area contributed by atoms with E-state index in [1.54, 1.807) is 0 Å². The summed E-state index contributed by atoms with van der Waals surface area (Å²) in [6, 6.07) is 0. The fourth-order valence-corrected chi connectivity index (χ4v) is 8.83. The lowest BCUT2D eigenvalue weighted by Crippen LogP contribution is -2.57. The van der Waals surface area contributed by atoms with Crippen molar-refractivity contribution in [2.45, 2.75) is 77.4 Å². The van der Waals surface area contributed by atoms with Gasteiger partial charge in [-0.3, -0.25) is 4.79 Å². The fraction of sp³-hybridized carbons (Fsp3) is 0.741. The molecule has 5 unspecified atom stereocenters. The van der Waals surface area contributed by atoms with Crippen molar-refractivity contribution in [1.29, 1.82) is 0 Å². The van der Waals surface area contributed by atoms with Gasteiger partial charge in [0, 0.05) is 18.3 Å². The zero-order valence-electron chi connectivity index (χ0n) is 18.9. The lowest BCUT2D eigenvalue weighted by Gasteiger charge is -2.61. The summed E-state index contributed by atoms with van der Waals surface area (Å²) in [5.74, 6) is 2.02. The van der Waals surface area contributed by atoms with Crippen LogP contribution in [-0.2, 0) is 14.3 Å². The second-order valence-electron chi connectivity index (χ2n) is 11.1. The number of hydrogen-bond donors (Lipinski definition) is 0. The first-order chi connectivity index (χ1) is 14.4. The Hall–Kier alpha value is -1.19. The van der Waals surface area contributed by atoms with Gasteiger partial charge in [-0.2, -0.15) is 0 Å². The molecule has 5 atom stereocenters. The van der Waals surface area contributed by atoms with Crippen LogP contribution in [0.3, 0.4) is 0 Å². The molecule has 0 amide bonds. The van der Waals surface area contributed by atoms with E-state index in [1.807, 2.05) is 12.2 Å². The second-order valence-corrected chi connectivity index (χ2v) is 11.1. The Labute approximate surface area is 182 Å². The Morgan fingerprint density at radius 3 is 2.37 bits per heavy atom. The summed E-state index contributed by atoms with van der Waals surface area (Å²) in [5, 5.41) is 0. The molecule has 0 radical (unpaired) electrons. The topological polar surface area (TPSA) is 35.5 Å². The van der Waals surface area contributed by atoms with Crippen LogP contribution in [0.25, 0.3) is 0 Å². The van der Waals surface area contributed by atoms with E-state index >= 15 is 0 Å². The molecule has 3 nitrogen and oxygen atoms in total. The van der Waals surface area contributed by atoms with Gasteiger partial charge >= 0.3 is 0 Å². The number of hydrogen-bond acceptors (Lipinski definition) is 3. The lowest BCUT2D eigenvalue weighted by molar-refractivity contribution is -0.242. The van der Waals surface area contributed by atoms with Crippen molar-refractivity contribution in [3.8, 4) is 0 Å². The molecule has 0 aromatic rings. The Balaban J connectivity index is 1.54. The largest absolute Gasteiger partial charge is 0.347 e. The van der Waals surface area contributed by atoms with Gasteiger partial charge in [-0.1, -0.05) is 37.6 Å². The molecular weight excluding hydrogens is 372 g/mol. The first-order valence-electron chi connectivity index (χ1n) is 12.1. The van der Waals surface area contributed by atoms with Crippen LogP contribution in [0.4, 0.5) is 0 Å². The van der Waals surface area contributed by atoms with E-state index in [1.165, 1.54) is 24.8 Å². The van der Waals surface area contributed by atoms with Gasteiger partial charge in [0.1, 0.15) is 5.78 Å². The van der Waals surface area contributed by atoms with Gasteiger partial charge in [0.2, 0.25) is 0 Å². The van der Waals surface area contributed by atoms with Crippen molar-refractivity contribution < 1.29 is 14.3 Å². The number of rotatable bonds is 4. The molecule has 3 saturated carbocycles. The zero-order valence-corrected chi connectivity index (χ0v) is 18.9. The van der Waals surface area contributed by atoms with Crippen molar-refractivity contribution in [3.05, 3.63) is 37.0 Å². The molecule has 0 aromatic carbocycles. The highest BCUT2D eigenvalue weighted by molar-refractivity contribution is 5.90. The van der Waals surface area contributed by atoms with Crippen LogP contribution in [0.15, 0.2) is 37.0 Å². The summed E-state index contributed by atoms with van der Waals surface area (Å²) in [4.78, 5) is 13.3. The van der Waals surface area contributed by atoms with Crippen LogP contribution in [0.2, 0.25) is 0 Å². The predicted molar refractivity (Wildman–Crippen MR) is 119 cm³/mol. The van der Waals surface area contributed by atoms with E-state index in [0.29, 0.717) is 30.0 Å². The number of ketones is 1. The van der Waals surface area contributed by atoms with Crippen LogP contribution in [0.1, 0.15) is 71.6 Å². The number of carbonyl (C=O) groups excluding carboxylic acids is 1. The molecule has 4 fully saturated rings. The molecule has 30 heavy (non-hydrogen) atoms. The summed E-state index contributed by atoms with van der Waals surface area (Å²) in [5.41, 5.74) is 1.24. The van der Waals surface area contributed by atoms with Gasteiger partial charge in [0.15, 0.2) is 5.79 Å². The standard InChI is InChI=1S/C27H38O3/c1-5-12-26(13-6-2)22-8-7-19-20(24(22,3)14-11-23(26)28)9-15-25(4)21(19)10-16-27(25)29-17-18-30-27/h5-6,8,19-21H,1-2,7,9-18H2,3-4H3. The molecule has 3 heteroatoms. The third kappa shape index (κ3) is 2.43. The number of fused-ring (bicyclic) bond motifs is 6. The normalized spacial score (nSPS) is 43.5. The summed E-state index contributed by atoms with van der Waals surface area (Å²) in [7, 11) is 0. The van der Waals surface area contributed by atoms with E-state index in [0.717, 1.165) is 45.3 Å². The molecule has 4 aliphatic carbocycles. The van der Waals surface area contributed by atoms with Crippen LogP contribution < -0.4 is 0 Å². The first kappa shape index (κ1) is 20.7. The average Bonchev–Trinajstić information content (AvgIpc) is 3.32. The Kier molecular flexibility index (Phi) is 4.76. The van der Waals surface area contributed by atoms with Crippen molar-refractivity contribution in [1.82, 2.24) is 0 Å². The minimum atomic E-state index is -0.406. The van der Waals surface area contributed by atoms with E-state index in [9.17, 15) is 4.79 Å². The lowest BCUT2D eigenvalue weighted by atomic mass is 9.43. The van der Waals surface area contributed by atoms with Crippen molar-refractivity contribution in [3.63, 3.8) is 0 Å². The molecule has 0 N–H and O–H groups in total. The van der Waals surface area contributed by atoms with Gasteiger partial charge in [-0.05, 0) is 68.1 Å². The monoisotopic (exact) mass is 410 g/mol. The first-order valence-corrected chi connectivity index (χ1v) is 12.1. The Bertz CT molecular complexity index is 778. The summed E-state index contributed by atoms with van der Waals surface area (Å²) >= 11 is 0. The van der Waals surface area contributed by atoms with Crippen molar-refractivity contribution in [2.75, 3.05) is 13.2 Å². The fourth-order valence-electron chi connectivity index (χ4n) is 8.83. The molecule has 5 aliphatic rings. The highest BCUT2D eigenvalue weighted by Gasteiger charge is 2.67. The quantitative estimate of drug-likeness (QED) is 0.532. The number of allylic oxidation sites excluding steroid dienone is 4. The average molecular weight is 411 g/mol. The third-order valence-electron chi connectivity index (χ3n) is 10.2. The van der Waals surface area contributed by atoms with Gasteiger partial charge in [0.05, 0.1) is 18.6 Å². The van der Waals surface area contributed by atoms with Gasteiger partial charge < -0.3 is 9.47 Å². The highest BCUT2D eigenvalue weighted by Crippen LogP contribution is 2.70. The molecule has 1 heterocycles. The second kappa shape index (κ2) is 6.90. The molecular formula is C27H38O3. The van der Waals surface area contributed by atoms with Crippen LogP contribution in [0, 0.1) is 34.0 Å². The zero-order chi connectivity index (χ0) is 21.2. The number of ether oxygens (including phenoxy) is 2. The minimum absolute atomic E-state index is 0.108. The Morgan fingerprint density at radius 2 is 1.70 bits per heavy atom. The van der Waals surface area contributed by atoms with E-state index < -0.39 is 5.41 Å². The van der Waals surface area contributed by atoms with Crippen LogP contribution >= 0.6 is 0 Å². The van der Waals surface area contributed by atoms with Crippen LogP contribution in [-0.4, -0.2) is 24.8 Å². The maximum atomic E-state index is 13.3. The number of carbonyl (C=O) groups is 1. The van der Waals surface area contributed by atoms with Crippen molar-refractivity contribution in [2.24, 2.45) is 34.0 Å². The van der Waals surface area contributed by atoms with E-state index in [-0.39, 0.29) is 16.6 Å². The third-order valence-corrected chi connectivity index (χ3v) is 10.2. The summed E-state index contributed by atoms with van der Waals surface area (Å²) < 4.78 is 12.6. The molecule has 1 saturated heterocycles. The molecule has 1 spiro atoms. The molecule has 5 rings (SSSR count). The molecule has 0 aromatic heterocycles. The smallest absolute Gasteiger partial charge is 0.174 e. The SMILES string of the molecule is C=CCC1(CC=C)C(=O)CCC2(C)C1=CCC1C2CCC2(C)C1CCC21OCCO1. The molecule has 1 aliphatic heterocycles. The summed E-state index contributed by atoms with van der Waals surface area (Å²) in [6.45, 7) is 14.4. The van der Waals surface area contributed by atoms with Crippen LogP contribution in [0.5, 0.6) is 0 Å². The Morgan fingerprint density at radius 1 is 1.03 bits per heavy atom. The minimum Gasteiger partial charge on any atom is -0.347 e. The van der Waals surface area contributed by atoms with Gasteiger partial charge in [-0.15, -0.1) is 13.2 Å². The van der Waals surface area contributed by atoms with Crippen molar-refractivity contribution >= 4 is 5.78 Å².